The van der Waals surface area contributed by atoms with E-state index in [2.05, 4.69) is 0 Å². The van der Waals surface area contributed by atoms with Gasteiger partial charge in [-0.15, -0.1) is 0 Å². The van der Waals surface area contributed by atoms with Gasteiger partial charge in [0.15, 0.2) is 0 Å². The number of hydrogen-bond acceptors (Lipinski definition) is 4. The van der Waals surface area contributed by atoms with E-state index < -0.39 is 18.4 Å². The number of Topliss-reactive ketones (excluding diaryl/α,β-unsaturated/α-hetero) is 2. The van der Waals surface area contributed by atoms with Crippen molar-refractivity contribution in [1.82, 2.24) is 0 Å². The van der Waals surface area contributed by atoms with Gasteiger partial charge in [-0.05, 0) is 31.3 Å². The van der Waals surface area contributed by atoms with Crippen molar-refractivity contribution in [3.05, 3.63) is 11.1 Å². The third kappa shape index (κ3) is 6.60. The van der Waals surface area contributed by atoms with Crippen LogP contribution in [0.15, 0.2) is 11.1 Å². The van der Waals surface area contributed by atoms with E-state index in [0.717, 1.165) is 64.2 Å². The molecule has 0 aromatic carbocycles. The van der Waals surface area contributed by atoms with E-state index in [0.29, 0.717) is 0 Å². The Kier molecular flexibility index (Phi) is 8.20. The molecule has 0 spiro atoms. The highest BCUT2D eigenvalue weighted by molar-refractivity contribution is 5.97. The Bertz CT molecular complexity index is 572. The van der Waals surface area contributed by atoms with Gasteiger partial charge >= 0.3 is 11.9 Å². The van der Waals surface area contributed by atoms with Crippen LogP contribution in [0.4, 0.5) is 0 Å². The molecule has 0 aromatic rings. The highest BCUT2D eigenvalue weighted by Gasteiger charge is 2.28. The van der Waals surface area contributed by atoms with E-state index in [4.69, 9.17) is 5.11 Å². The number of carbonyl (C=O) groups excluding carboxylic acids is 2. The molecule has 6 nitrogen and oxygen atoms in total. The molecule has 0 saturated heterocycles. The average Bonchev–Trinajstić information content (AvgIpc) is 2.66. The number of carboxylic acids is 2. The molecule has 2 rings (SSSR count). The van der Waals surface area contributed by atoms with E-state index in [1.165, 1.54) is 0 Å². The van der Waals surface area contributed by atoms with Gasteiger partial charge in [0.05, 0.1) is 6.42 Å². The first-order valence-corrected chi connectivity index (χ1v) is 10.1. The summed E-state index contributed by atoms with van der Waals surface area (Å²) in [5, 5.41) is 18.6. The first kappa shape index (κ1) is 21.3. The highest BCUT2D eigenvalue weighted by atomic mass is 16.4. The molecule has 0 bridgehead atoms. The van der Waals surface area contributed by atoms with Crippen LogP contribution >= 0.6 is 0 Å². The first-order chi connectivity index (χ1) is 12.9. The van der Waals surface area contributed by atoms with E-state index >= 15 is 0 Å². The summed E-state index contributed by atoms with van der Waals surface area (Å²) in [5.74, 6) is -2.91. The van der Waals surface area contributed by atoms with Gasteiger partial charge in [-0.1, -0.05) is 38.5 Å². The van der Waals surface area contributed by atoms with E-state index in [1.54, 1.807) is 0 Å². The Morgan fingerprint density at radius 3 is 1.37 bits per heavy atom. The molecule has 2 saturated carbocycles. The Hall–Kier alpha value is -1.98. The predicted molar refractivity (Wildman–Crippen MR) is 99.3 cm³/mol. The molecule has 6 heteroatoms. The van der Waals surface area contributed by atoms with Gasteiger partial charge in [-0.25, -0.2) is 4.79 Å². The van der Waals surface area contributed by atoms with Crippen LogP contribution in [0.25, 0.3) is 0 Å². The van der Waals surface area contributed by atoms with Gasteiger partial charge in [0.1, 0.15) is 11.6 Å². The van der Waals surface area contributed by atoms with Crippen molar-refractivity contribution in [2.45, 2.75) is 83.5 Å². The molecule has 0 heterocycles. The van der Waals surface area contributed by atoms with E-state index in [9.17, 15) is 24.3 Å². The maximum absolute atomic E-state index is 12.7. The largest absolute Gasteiger partial charge is 0.481 e. The number of ketones is 2. The third-order valence-corrected chi connectivity index (χ3v) is 5.91. The van der Waals surface area contributed by atoms with Gasteiger partial charge in [0, 0.05) is 30.3 Å². The van der Waals surface area contributed by atoms with Crippen LogP contribution in [-0.4, -0.2) is 33.7 Å². The molecule has 150 valence electrons. The lowest BCUT2D eigenvalue weighted by Crippen LogP contribution is -2.23. The second-order valence-electron chi connectivity index (χ2n) is 7.91. The third-order valence-electron chi connectivity index (χ3n) is 5.91. The van der Waals surface area contributed by atoms with Crippen LogP contribution in [0.5, 0.6) is 0 Å². The Labute approximate surface area is 160 Å². The van der Waals surface area contributed by atoms with E-state index in [-0.39, 0.29) is 47.4 Å². The van der Waals surface area contributed by atoms with Crippen molar-refractivity contribution < 1.29 is 29.4 Å². The lowest BCUT2D eigenvalue weighted by molar-refractivity contribution is -0.139. The van der Waals surface area contributed by atoms with Crippen molar-refractivity contribution in [3.8, 4) is 0 Å². The molecule has 2 aliphatic rings. The fourth-order valence-corrected chi connectivity index (χ4v) is 4.34. The maximum atomic E-state index is 12.7. The zero-order valence-corrected chi connectivity index (χ0v) is 15.9. The van der Waals surface area contributed by atoms with Crippen LogP contribution in [0.3, 0.4) is 0 Å². The molecule has 2 N–H and O–H groups in total. The van der Waals surface area contributed by atoms with Crippen LogP contribution in [0.1, 0.15) is 83.5 Å². The fourth-order valence-electron chi connectivity index (χ4n) is 4.34. The molecule has 2 fully saturated rings. The Morgan fingerprint density at radius 2 is 1.04 bits per heavy atom. The molecule has 0 aliphatic heterocycles. The molecule has 0 aromatic heterocycles. The zero-order chi connectivity index (χ0) is 19.8. The summed E-state index contributed by atoms with van der Waals surface area (Å²) in [7, 11) is 0. The minimum atomic E-state index is -1.35. The average molecular weight is 378 g/mol. The molecular weight excluding hydrogens is 348 g/mol. The summed E-state index contributed by atoms with van der Waals surface area (Å²) in [6.45, 7) is 0. The maximum Gasteiger partial charge on any atom is 0.332 e. The van der Waals surface area contributed by atoms with Crippen LogP contribution in [0.2, 0.25) is 0 Å². The first-order valence-electron chi connectivity index (χ1n) is 10.1. The summed E-state index contributed by atoms with van der Waals surface area (Å²) in [6, 6.07) is 0. The summed E-state index contributed by atoms with van der Waals surface area (Å²) in [4.78, 5) is 48.2. The second-order valence-corrected chi connectivity index (χ2v) is 7.91. The summed E-state index contributed by atoms with van der Waals surface area (Å²) in [5.41, 5.74) is -0.0909. The smallest absolute Gasteiger partial charge is 0.332 e. The minimum Gasteiger partial charge on any atom is -0.481 e. The summed E-state index contributed by atoms with van der Waals surface area (Å²) in [6.07, 6.45) is 8.43. The van der Waals surface area contributed by atoms with Gasteiger partial charge in [-0.2, -0.15) is 0 Å². The number of carboxylic acid groups (broad SMARTS) is 2. The number of carbonyl (C=O) groups is 4. The van der Waals surface area contributed by atoms with Gasteiger partial charge in [0.25, 0.3) is 0 Å². The number of hydrogen-bond donors (Lipinski definition) is 2. The van der Waals surface area contributed by atoms with Gasteiger partial charge < -0.3 is 10.2 Å². The van der Waals surface area contributed by atoms with Crippen LogP contribution < -0.4 is 0 Å². The summed E-state index contributed by atoms with van der Waals surface area (Å²) < 4.78 is 0. The number of aliphatic carboxylic acids is 2. The SMILES string of the molecule is O=C(O)CC(C(=O)O)=C(CC(=O)C1CCCCC1)CC(=O)C1CCCCC1. The molecule has 0 unspecified atom stereocenters. The van der Waals surface area contributed by atoms with Crippen molar-refractivity contribution >= 4 is 23.5 Å². The lowest BCUT2D eigenvalue weighted by Gasteiger charge is -2.23. The molecule has 0 atom stereocenters. The van der Waals surface area contributed by atoms with Gasteiger partial charge in [0.2, 0.25) is 0 Å². The standard InChI is InChI=1S/C21H30O6/c22-18(14-7-3-1-4-8-14)11-16(17(21(26)27)13-20(24)25)12-19(23)15-9-5-2-6-10-15/h14-15H,1-13H2,(H,24,25)(H,26,27). The van der Waals surface area contributed by atoms with Crippen LogP contribution in [0, 0.1) is 11.8 Å². The molecule has 0 radical (unpaired) electrons. The number of allylic oxidation sites excluding steroid dienone is 1. The lowest BCUT2D eigenvalue weighted by atomic mass is 9.80. The minimum absolute atomic E-state index is 0.0507. The molecule has 0 amide bonds. The van der Waals surface area contributed by atoms with Crippen molar-refractivity contribution in [1.29, 1.82) is 0 Å². The van der Waals surface area contributed by atoms with Gasteiger partial charge in [-0.3, -0.25) is 14.4 Å². The van der Waals surface area contributed by atoms with E-state index in [1.807, 2.05) is 0 Å². The molecular formula is C21H30O6. The zero-order valence-electron chi connectivity index (χ0n) is 15.9. The topological polar surface area (TPSA) is 109 Å². The normalized spacial score (nSPS) is 18.7. The Balaban J connectivity index is 2.20. The predicted octanol–water partition coefficient (Wildman–Crippen LogP) is 3.92. The highest BCUT2D eigenvalue weighted by Crippen LogP contribution is 2.31. The van der Waals surface area contributed by atoms with Crippen LogP contribution in [-0.2, 0) is 19.2 Å². The quantitative estimate of drug-likeness (QED) is 0.589. The van der Waals surface area contributed by atoms with Crippen molar-refractivity contribution in [2.24, 2.45) is 11.8 Å². The Morgan fingerprint density at radius 1 is 0.630 bits per heavy atom. The molecule has 27 heavy (non-hydrogen) atoms. The second kappa shape index (κ2) is 10.4. The number of rotatable bonds is 9. The molecule has 2 aliphatic carbocycles. The van der Waals surface area contributed by atoms with Crippen molar-refractivity contribution in [2.75, 3.05) is 0 Å². The van der Waals surface area contributed by atoms with Crippen molar-refractivity contribution in [3.63, 3.8) is 0 Å². The monoisotopic (exact) mass is 378 g/mol. The fraction of sp³-hybridized carbons (Fsp3) is 0.714. The summed E-state index contributed by atoms with van der Waals surface area (Å²) >= 11 is 0.